The summed E-state index contributed by atoms with van der Waals surface area (Å²) in [4.78, 5) is 22.6. The third-order valence-electron chi connectivity index (χ3n) is 2.46. The van der Waals surface area contributed by atoms with Crippen LogP contribution in [0.1, 0.15) is 22.5 Å². The Bertz CT molecular complexity index is 730. The first kappa shape index (κ1) is 13.3. The van der Waals surface area contributed by atoms with E-state index in [-0.39, 0.29) is 5.56 Å². The number of pyridine rings is 1. The summed E-state index contributed by atoms with van der Waals surface area (Å²) < 4.78 is 0. The fourth-order valence-corrected chi connectivity index (χ4v) is 2.73. The van der Waals surface area contributed by atoms with Crippen LogP contribution in [0.15, 0.2) is 27.1 Å². The van der Waals surface area contributed by atoms with E-state index in [2.05, 4.69) is 21.0 Å². The van der Waals surface area contributed by atoms with Gasteiger partial charge in [-0.2, -0.15) is 5.26 Å². The maximum absolute atomic E-state index is 11.4. The minimum absolute atomic E-state index is 0.210. The topological polar surface area (TPSA) is 82.4 Å². The minimum atomic E-state index is -0.210. The van der Waals surface area contributed by atoms with E-state index in [0.717, 1.165) is 11.3 Å². The van der Waals surface area contributed by atoms with Crippen molar-refractivity contribution < 1.29 is 0 Å². The van der Waals surface area contributed by atoms with Crippen LogP contribution >= 0.6 is 11.8 Å². The third-order valence-corrected chi connectivity index (χ3v) is 3.34. The van der Waals surface area contributed by atoms with E-state index in [1.807, 2.05) is 19.9 Å². The SMILES string of the molecule is Cc1cc(=O)[nH]c(Sc2nc(C)cc(C)c2C#N)n1. The number of rotatable bonds is 2. The lowest BCUT2D eigenvalue weighted by Gasteiger charge is -2.06. The summed E-state index contributed by atoms with van der Waals surface area (Å²) in [6.45, 7) is 5.48. The van der Waals surface area contributed by atoms with Gasteiger partial charge in [-0.3, -0.25) is 4.79 Å². The number of nitriles is 1. The van der Waals surface area contributed by atoms with Gasteiger partial charge in [0.15, 0.2) is 5.16 Å². The highest BCUT2D eigenvalue weighted by atomic mass is 32.2. The standard InChI is InChI=1S/C13H12N4OS/c1-7-4-8(2)15-12(10(7)6-14)19-13-16-9(3)5-11(18)17-13/h4-5H,1-3H3,(H,16,17,18). The third kappa shape index (κ3) is 3.01. The van der Waals surface area contributed by atoms with Gasteiger partial charge in [0.1, 0.15) is 11.1 Å². The highest BCUT2D eigenvalue weighted by molar-refractivity contribution is 7.99. The molecular formula is C13H12N4OS. The first-order valence-corrected chi connectivity index (χ1v) is 6.45. The molecule has 0 aliphatic carbocycles. The zero-order valence-corrected chi connectivity index (χ0v) is 11.6. The van der Waals surface area contributed by atoms with Crippen LogP contribution in [-0.2, 0) is 0 Å². The second-order valence-corrected chi connectivity index (χ2v) is 5.14. The Hall–Kier alpha value is -2.13. The molecule has 2 aromatic rings. The number of nitrogens with zero attached hydrogens (tertiary/aromatic N) is 3. The molecule has 0 aliphatic heterocycles. The summed E-state index contributed by atoms with van der Waals surface area (Å²) in [6.07, 6.45) is 0. The van der Waals surface area contributed by atoms with E-state index in [0.29, 0.717) is 21.4 Å². The van der Waals surface area contributed by atoms with Gasteiger partial charge in [-0.15, -0.1) is 0 Å². The maximum atomic E-state index is 11.4. The van der Waals surface area contributed by atoms with Crippen LogP contribution in [-0.4, -0.2) is 15.0 Å². The van der Waals surface area contributed by atoms with E-state index < -0.39 is 0 Å². The van der Waals surface area contributed by atoms with Gasteiger partial charge in [0, 0.05) is 17.5 Å². The van der Waals surface area contributed by atoms with Crippen LogP contribution in [0, 0.1) is 32.1 Å². The molecule has 0 fully saturated rings. The fraction of sp³-hybridized carbons (Fsp3) is 0.231. The molecule has 0 bridgehead atoms. The largest absolute Gasteiger partial charge is 0.301 e. The Morgan fingerprint density at radius 1 is 1.21 bits per heavy atom. The molecule has 0 spiro atoms. The predicted octanol–water partition coefficient (Wildman–Crippen LogP) is 2.11. The molecule has 0 atom stereocenters. The second kappa shape index (κ2) is 5.24. The van der Waals surface area contributed by atoms with Gasteiger partial charge in [-0.1, -0.05) is 0 Å². The lowest BCUT2D eigenvalue weighted by Crippen LogP contribution is -2.08. The van der Waals surface area contributed by atoms with Crippen molar-refractivity contribution in [2.45, 2.75) is 31.0 Å². The quantitative estimate of drug-likeness (QED) is 0.847. The van der Waals surface area contributed by atoms with Crippen LogP contribution in [0.4, 0.5) is 0 Å². The van der Waals surface area contributed by atoms with Crippen molar-refractivity contribution in [2.24, 2.45) is 0 Å². The van der Waals surface area contributed by atoms with Crippen molar-refractivity contribution in [3.8, 4) is 6.07 Å². The van der Waals surface area contributed by atoms with Gasteiger partial charge < -0.3 is 4.98 Å². The molecule has 1 N–H and O–H groups in total. The molecule has 0 radical (unpaired) electrons. The second-order valence-electron chi connectivity index (χ2n) is 4.17. The van der Waals surface area contributed by atoms with Crippen molar-refractivity contribution in [1.82, 2.24) is 15.0 Å². The van der Waals surface area contributed by atoms with Gasteiger partial charge >= 0.3 is 0 Å². The molecule has 0 saturated carbocycles. The Morgan fingerprint density at radius 3 is 2.53 bits per heavy atom. The molecule has 0 aromatic carbocycles. The summed E-state index contributed by atoms with van der Waals surface area (Å²) in [5.74, 6) is 0. The van der Waals surface area contributed by atoms with E-state index in [1.165, 1.54) is 17.8 Å². The molecule has 5 nitrogen and oxygen atoms in total. The summed E-state index contributed by atoms with van der Waals surface area (Å²) in [6, 6.07) is 5.41. The lowest BCUT2D eigenvalue weighted by atomic mass is 10.1. The zero-order valence-electron chi connectivity index (χ0n) is 10.8. The first-order valence-electron chi connectivity index (χ1n) is 5.64. The lowest BCUT2D eigenvalue weighted by molar-refractivity contribution is 0.899. The molecule has 0 unspecified atom stereocenters. The fourth-order valence-electron chi connectivity index (χ4n) is 1.70. The Labute approximate surface area is 114 Å². The van der Waals surface area contributed by atoms with E-state index >= 15 is 0 Å². The molecule has 2 rings (SSSR count). The van der Waals surface area contributed by atoms with Crippen LogP contribution in [0.3, 0.4) is 0 Å². The molecule has 19 heavy (non-hydrogen) atoms. The first-order chi connectivity index (χ1) is 8.99. The molecule has 0 saturated heterocycles. The molecule has 6 heteroatoms. The van der Waals surface area contributed by atoms with Crippen molar-refractivity contribution in [1.29, 1.82) is 5.26 Å². The summed E-state index contributed by atoms with van der Waals surface area (Å²) in [7, 11) is 0. The molecule has 2 heterocycles. The van der Waals surface area contributed by atoms with Gasteiger partial charge in [0.25, 0.3) is 5.56 Å². The van der Waals surface area contributed by atoms with Crippen molar-refractivity contribution in [3.05, 3.63) is 45.0 Å². The number of hydrogen-bond donors (Lipinski definition) is 1. The molecule has 2 aromatic heterocycles. The number of aryl methyl sites for hydroxylation is 3. The van der Waals surface area contributed by atoms with Gasteiger partial charge in [-0.05, 0) is 44.2 Å². The average molecular weight is 272 g/mol. The van der Waals surface area contributed by atoms with Crippen LogP contribution in [0.25, 0.3) is 0 Å². The summed E-state index contributed by atoms with van der Waals surface area (Å²) in [5.41, 5.74) is 2.63. The number of hydrogen-bond acceptors (Lipinski definition) is 5. The monoisotopic (exact) mass is 272 g/mol. The predicted molar refractivity (Wildman–Crippen MR) is 72.1 cm³/mol. The normalized spacial score (nSPS) is 10.2. The van der Waals surface area contributed by atoms with E-state index in [4.69, 9.17) is 0 Å². The maximum Gasteiger partial charge on any atom is 0.251 e. The Morgan fingerprint density at radius 2 is 1.89 bits per heavy atom. The highest BCUT2D eigenvalue weighted by Crippen LogP contribution is 2.27. The van der Waals surface area contributed by atoms with Gasteiger partial charge in [0.2, 0.25) is 0 Å². The van der Waals surface area contributed by atoms with Gasteiger partial charge in [0.05, 0.1) is 5.56 Å². The molecule has 0 aliphatic rings. The van der Waals surface area contributed by atoms with Crippen LogP contribution < -0.4 is 5.56 Å². The number of aromatic nitrogens is 3. The van der Waals surface area contributed by atoms with E-state index in [9.17, 15) is 10.1 Å². The molecule has 0 amide bonds. The number of nitrogens with one attached hydrogen (secondary N) is 1. The minimum Gasteiger partial charge on any atom is -0.301 e. The number of aromatic amines is 1. The van der Waals surface area contributed by atoms with E-state index in [1.54, 1.807) is 6.92 Å². The summed E-state index contributed by atoms with van der Waals surface area (Å²) in [5, 5.41) is 10.2. The molecular weight excluding hydrogens is 260 g/mol. The highest BCUT2D eigenvalue weighted by Gasteiger charge is 2.11. The van der Waals surface area contributed by atoms with Crippen molar-refractivity contribution >= 4 is 11.8 Å². The van der Waals surface area contributed by atoms with Crippen LogP contribution in [0.5, 0.6) is 0 Å². The summed E-state index contributed by atoms with van der Waals surface area (Å²) >= 11 is 1.20. The molecule has 96 valence electrons. The van der Waals surface area contributed by atoms with Gasteiger partial charge in [-0.25, -0.2) is 9.97 Å². The Balaban J connectivity index is 2.49. The average Bonchev–Trinajstić information content (AvgIpc) is 2.26. The smallest absolute Gasteiger partial charge is 0.251 e. The zero-order chi connectivity index (χ0) is 14.0. The van der Waals surface area contributed by atoms with Crippen molar-refractivity contribution in [3.63, 3.8) is 0 Å². The number of H-pyrrole nitrogens is 1. The Kier molecular flexibility index (Phi) is 3.67. The van der Waals surface area contributed by atoms with Crippen LogP contribution in [0.2, 0.25) is 0 Å². The van der Waals surface area contributed by atoms with Crippen molar-refractivity contribution in [2.75, 3.05) is 0 Å².